The van der Waals surface area contributed by atoms with Gasteiger partial charge in [0.05, 0.1) is 32.2 Å². The molecule has 0 aliphatic carbocycles. The Morgan fingerprint density at radius 3 is 1.40 bits per heavy atom. The molecular formula is C14H4Br2F2N2. The fourth-order valence-corrected chi connectivity index (χ4v) is 2.41. The monoisotopic (exact) mass is 396 g/mol. The summed E-state index contributed by atoms with van der Waals surface area (Å²) in [5.41, 5.74) is 0.653. The zero-order valence-corrected chi connectivity index (χ0v) is 12.9. The summed E-state index contributed by atoms with van der Waals surface area (Å²) in [5, 5.41) is 18.2. The molecule has 2 nitrogen and oxygen atoms in total. The smallest absolute Gasteiger partial charge is 0.138 e. The molecule has 0 heterocycles. The van der Waals surface area contributed by atoms with E-state index in [1.807, 2.05) is 12.1 Å². The van der Waals surface area contributed by atoms with Gasteiger partial charge in [-0.05, 0) is 56.1 Å². The Morgan fingerprint density at radius 1 is 0.750 bits per heavy atom. The van der Waals surface area contributed by atoms with Gasteiger partial charge in [0.2, 0.25) is 0 Å². The van der Waals surface area contributed by atoms with Crippen LogP contribution in [0.1, 0.15) is 11.1 Å². The molecule has 6 heteroatoms. The molecule has 0 N–H and O–H groups in total. The Labute approximate surface area is 130 Å². The number of hydrogen-bond donors (Lipinski definition) is 0. The second-order valence-electron chi connectivity index (χ2n) is 3.85. The van der Waals surface area contributed by atoms with Gasteiger partial charge in [0.15, 0.2) is 0 Å². The second kappa shape index (κ2) is 5.70. The van der Waals surface area contributed by atoms with Crippen LogP contribution in [0.2, 0.25) is 0 Å². The zero-order valence-electron chi connectivity index (χ0n) is 9.72. The maximum absolute atomic E-state index is 13.7. The number of nitrogens with zero attached hydrogens (tertiary/aromatic N) is 2. The van der Waals surface area contributed by atoms with Crippen LogP contribution >= 0.6 is 31.9 Å². The van der Waals surface area contributed by atoms with Crippen LogP contribution in [-0.4, -0.2) is 0 Å². The van der Waals surface area contributed by atoms with Crippen molar-refractivity contribution in [1.82, 2.24) is 0 Å². The fraction of sp³-hybridized carbons (Fsp3) is 0. The molecule has 0 amide bonds. The summed E-state index contributed by atoms with van der Waals surface area (Å²) in [7, 11) is 0. The minimum absolute atomic E-state index is 0.133. The van der Waals surface area contributed by atoms with E-state index in [1.54, 1.807) is 0 Å². The summed E-state index contributed by atoms with van der Waals surface area (Å²) in [6.45, 7) is 0. The molecule has 0 unspecified atom stereocenters. The van der Waals surface area contributed by atoms with E-state index in [0.29, 0.717) is 0 Å². The summed E-state index contributed by atoms with van der Waals surface area (Å²) in [6.07, 6.45) is 0. The van der Waals surface area contributed by atoms with Gasteiger partial charge in [0.1, 0.15) is 11.6 Å². The summed E-state index contributed by atoms with van der Waals surface area (Å²) in [5.74, 6) is -1.18. The molecular weight excluding hydrogens is 394 g/mol. The average molecular weight is 398 g/mol. The molecule has 0 atom stereocenters. The number of hydrogen-bond acceptors (Lipinski definition) is 2. The predicted octanol–water partition coefficient (Wildman–Crippen LogP) is 4.90. The Kier molecular flexibility index (Phi) is 4.17. The Morgan fingerprint density at radius 2 is 1.10 bits per heavy atom. The SMILES string of the molecule is N#Cc1cc(Br)c(F)cc1-c1cc(F)c(Br)cc1C#N. The van der Waals surface area contributed by atoms with E-state index in [0.717, 1.165) is 12.1 Å². The normalized spacial score (nSPS) is 9.90. The summed E-state index contributed by atoms with van der Waals surface area (Å²) in [4.78, 5) is 0. The molecule has 0 aliphatic rings. The third-order valence-corrected chi connectivity index (χ3v) is 3.87. The summed E-state index contributed by atoms with van der Waals surface area (Å²) < 4.78 is 27.6. The van der Waals surface area contributed by atoms with Crippen molar-refractivity contribution in [3.05, 3.63) is 56.0 Å². The van der Waals surface area contributed by atoms with Crippen molar-refractivity contribution in [2.45, 2.75) is 0 Å². The number of rotatable bonds is 1. The van der Waals surface area contributed by atoms with Crippen LogP contribution in [-0.2, 0) is 0 Å². The molecule has 2 aromatic rings. The first-order valence-corrected chi connectivity index (χ1v) is 6.85. The first-order chi connectivity index (χ1) is 9.47. The number of halogens is 4. The van der Waals surface area contributed by atoms with Gasteiger partial charge in [0.25, 0.3) is 0 Å². The van der Waals surface area contributed by atoms with Gasteiger partial charge in [-0.25, -0.2) is 8.78 Å². The highest BCUT2D eigenvalue weighted by Gasteiger charge is 2.16. The minimum atomic E-state index is -0.591. The number of benzene rings is 2. The lowest BCUT2D eigenvalue weighted by atomic mass is 9.96. The average Bonchev–Trinajstić information content (AvgIpc) is 2.43. The standard InChI is InChI=1S/C14H4Br2F2N2/c15-11-1-7(5-19)9(3-13(11)17)10-4-14(18)12(16)2-8(10)6-20/h1-4H. The van der Waals surface area contributed by atoms with Crippen molar-refractivity contribution < 1.29 is 8.78 Å². The van der Waals surface area contributed by atoms with Gasteiger partial charge in [-0.3, -0.25) is 0 Å². The predicted molar refractivity (Wildman–Crippen MR) is 76.6 cm³/mol. The molecule has 0 saturated carbocycles. The van der Waals surface area contributed by atoms with Crippen molar-refractivity contribution in [3.63, 3.8) is 0 Å². The van der Waals surface area contributed by atoms with Gasteiger partial charge < -0.3 is 0 Å². The lowest BCUT2D eigenvalue weighted by molar-refractivity contribution is 0.619. The van der Waals surface area contributed by atoms with Crippen molar-refractivity contribution in [2.75, 3.05) is 0 Å². The Hall–Kier alpha value is -1.76. The second-order valence-corrected chi connectivity index (χ2v) is 5.56. The van der Waals surface area contributed by atoms with E-state index in [2.05, 4.69) is 31.9 Å². The molecule has 0 radical (unpaired) electrons. The lowest BCUT2D eigenvalue weighted by Gasteiger charge is -2.09. The van der Waals surface area contributed by atoms with Crippen LogP contribution in [0.4, 0.5) is 8.78 Å². The molecule has 2 aromatic carbocycles. The zero-order chi connectivity index (χ0) is 14.9. The molecule has 0 fully saturated rings. The molecule has 0 bridgehead atoms. The maximum Gasteiger partial charge on any atom is 0.138 e. The molecule has 0 aliphatic heterocycles. The number of nitriles is 2. The fourth-order valence-electron chi connectivity index (χ4n) is 1.72. The van der Waals surface area contributed by atoms with Crippen LogP contribution in [0.3, 0.4) is 0 Å². The van der Waals surface area contributed by atoms with E-state index in [1.165, 1.54) is 12.1 Å². The molecule has 0 aromatic heterocycles. The van der Waals surface area contributed by atoms with Crippen LogP contribution in [0.15, 0.2) is 33.2 Å². The molecule has 98 valence electrons. The highest BCUT2D eigenvalue weighted by molar-refractivity contribution is 9.10. The topological polar surface area (TPSA) is 47.6 Å². The van der Waals surface area contributed by atoms with Gasteiger partial charge >= 0.3 is 0 Å². The molecule has 20 heavy (non-hydrogen) atoms. The minimum Gasteiger partial charge on any atom is -0.206 e. The van der Waals surface area contributed by atoms with Crippen LogP contribution < -0.4 is 0 Å². The Balaban J connectivity index is 2.82. The highest BCUT2D eigenvalue weighted by Crippen LogP contribution is 2.33. The van der Waals surface area contributed by atoms with Crippen molar-refractivity contribution >= 4 is 31.9 Å². The largest absolute Gasteiger partial charge is 0.206 e. The Bertz CT molecular complexity index is 722. The van der Waals surface area contributed by atoms with Gasteiger partial charge in [-0.1, -0.05) is 0 Å². The quantitative estimate of drug-likeness (QED) is 0.686. The van der Waals surface area contributed by atoms with E-state index >= 15 is 0 Å². The summed E-state index contributed by atoms with van der Waals surface area (Å²) in [6, 6.07) is 8.62. The van der Waals surface area contributed by atoms with Gasteiger partial charge in [0, 0.05) is 11.1 Å². The van der Waals surface area contributed by atoms with Gasteiger partial charge in [-0.15, -0.1) is 0 Å². The summed E-state index contributed by atoms with van der Waals surface area (Å²) >= 11 is 5.97. The third-order valence-electron chi connectivity index (χ3n) is 2.65. The van der Waals surface area contributed by atoms with Crippen LogP contribution in [0.25, 0.3) is 11.1 Å². The van der Waals surface area contributed by atoms with Crippen LogP contribution in [0.5, 0.6) is 0 Å². The van der Waals surface area contributed by atoms with E-state index < -0.39 is 11.6 Å². The first-order valence-electron chi connectivity index (χ1n) is 5.26. The van der Waals surface area contributed by atoms with E-state index in [4.69, 9.17) is 10.5 Å². The first kappa shape index (κ1) is 14.6. The van der Waals surface area contributed by atoms with E-state index in [9.17, 15) is 8.78 Å². The molecule has 2 rings (SSSR count). The highest BCUT2D eigenvalue weighted by atomic mass is 79.9. The van der Waals surface area contributed by atoms with Crippen molar-refractivity contribution in [2.24, 2.45) is 0 Å². The maximum atomic E-state index is 13.7. The molecule has 0 saturated heterocycles. The lowest BCUT2D eigenvalue weighted by Crippen LogP contribution is -1.93. The van der Waals surface area contributed by atoms with Crippen molar-refractivity contribution in [1.29, 1.82) is 10.5 Å². The van der Waals surface area contributed by atoms with Crippen LogP contribution in [0, 0.1) is 34.3 Å². The van der Waals surface area contributed by atoms with Gasteiger partial charge in [-0.2, -0.15) is 10.5 Å². The van der Waals surface area contributed by atoms with Crippen molar-refractivity contribution in [3.8, 4) is 23.3 Å². The third kappa shape index (κ3) is 2.58. The molecule has 0 spiro atoms. The van der Waals surface area contributed by atoms with E-state index in [-0.39, 0.29) is 31.2 Å².